The third-order valence-corrected chi connectivity index (χ3v) is 4.92. The molecule has 0 unspecified atom stereocenters. The molecule has 6 nitrogen and oxygen atoms in total. The minimum atomic E-state index is 0.0493. The average molecular weight is 369 g/mol. The summed E-state index contributed by atoms with van der Waals surface area (Å²) in [5, 5.41) is 3.03. The maximum Gasteiger partial charge on any atom is 0.231 e. The van der Waals surface area contributed by atoms with Crippen molar-refractivity contribution in [1.82, 2.24) is 5.32 Å². The van der Waals surface area contributed by atoms with Gasteiger partial charge in [0.1, 0.15) is 11.5 Å². The summed E-state index contributed by atoms with van der Waals surface area (Å²) in [4.78, 5) is 12.2. The normalized spacial score (nSPS) is 17.0. The van der Waals surface area contributed by atoms with Gasteiger partial charge in [-0.25, -0.2) is 0 Å². The molecule has 0 spiro atoms. The van der Waals surface area contributed by atoms with Gasteiger partial charge in [-0.1, -0.05) is 12.1 Å². The first-order valence-corrected chi connectivity index (χ1v) is 9.16. The molecule has 1 N–H and O–H groups in total. The molecule has 27 heavy (non-hydrogen) atoms. The number of rotatable bonds is 6. The number of amides is 1. The first-order chi connectivity index (χ1) is 13.2. The van der Waals surface area contributed by atoms with Crippen LogP contribution in [0.1, 0.15) is 17.5 Å². The monoisotopic (exact) mass is 369 g/mol. The zero-order valence-corrected chi connectivity index (χ0v) is 15.3. The third-order valence-electron chi connectivity index (χ3n) is 4.92. The standard InChI is InChI=1S/C21H23NO5/c1-24-17-5-4-16-8-15(12-25-19(16)10-17)11-22-21(23)7-3-14-2-6-18-20(9-14)27-13-26-18/h2,4-6,9-10,15H,3,7-8,11-13H2,1H3,(H,22,23)/t15-/m0/s1. The van der Waals surface area contributed by atoms with E-state index in [1.54, 1.807) is 7.11 Å². The minimum absolute atomic E-state index is 0.0493. The van der Waals surface area contributed by atoms with E-state index in [9.17, 15) is 4.79 Å². The summed E-state index contributed by atoms with van der Waals surface area (Å²) >= 11 is 0. The summed E-state index contributed by atoms with van der Waals surface area (Å²) in [6, 6.07) is 11.7. The topological polar surface area (TPSA) is 66.0 Å². The van der Waals surface area contributed by atoms with E-state index in [2.05, 4.69) is 5.32 Å². The van der Waals surface area contributed by atoms with Gasteiger partial charge in [0.15, 0.2) is 11.5 Å². The molecule has 1 amide bonds. The number of hydrogen-bond donors (Lipinski definition) is 1. The summed E-state index contributed by atoms with van der Waals surface area (Å²) in [5.74, 6) is 3.51. The van der Waals surface area contributed by atoms with Crippen molar-refractivity contribution in [3.8, 4) is 23.0 Å². The zero-order chi connectivity index (χ0) is 18.6. The van der Waals surface area contributed by atoms with E-state index in [1.165, 1.54) is 0 Å². The fourth-order valence-corrected chi connectivity index (χ4v) is 3.37. The van der Waals surface area contributed by atoms with Crippen molar-refractivity contribution in [1.29, 1.82) is 0 Å². The van der Waals surface area contributed by atoms with Crippen LogP contribution in [0.25, 0.3) is 0 Å². The van der Waals surface area contributed by atoms with Crippen molar-refractivity contribution in [2.75, 3.05) is 27.1 Å². The first-order valence-electron chi connectivity index (χ1n) is 9.16. The van der Waals surface area contributed by atoms with E-state index in [0.717, 1.165) is 40.5 Å². The number of benzene rings is 2. The first kappa shape index (κ1) is 17.5. The van der Waals surface area contributed by atoms with Crippen LogP contribution in [0.15, 0.2) is 36.4 Å². The van der Waals surface area contributed by atoms with Crippen LogP contribution in [-0.4, -0.2) is 33.0 Å². The second kappa shape index (κ2) is 7.78. The van der Waals surface area contributed by atoms with Crippen molar-refractivity contribution < 1.29 is 23.7 Å². The number of methoxy groups -OCH3 is 1. The molecule has 0 bridgehead atoms. The van der Waals surface area contributed by atoms with Gasteiger partial charge in [0.2, 0.25) is 12.7 Å². The summed E-state index contributed by atoms with van der Waals surface area (Å²) in [5.41, 5.74) is 2.22. The third kappa shape index (κ3) is 4.10. The Hall–Kier alpha value is -2.89. The molecule has 2 aliphatic rings. The Kier molecular flexibility index (Phi) is 5.05. The number of aryl methyl sites for hydroxylation is 1. The van der Waals surface area contributed by atoms with Crippen molar-refractivity contribution in [3.63, 3.8) is 0 Å². The van der Waals surface area contributed by atoms with Crippen LogP contribution >= 0.6 is 0 Å². The number of fused-ring (bicyclic) bond motifs is 2. The Labute approximate surface area is 158 Å². The molecule has 4 rings (SSSR count). The Balaban J connectivity index is 1.23. The van der Waals surface area contributed by atoms with E-state index in [0.29, 0.717) is 26.0 Å². The molecule has 2 aromatic rings. The van der Waals surface area contributed by atoms with Gasteiger partial charge >= 0.3 is 0 Å². The zero-order valence-electron chi connectivity index (χ0n) is 15.3. The summed E-state index contributed by atoms with van der Waals surface area (Å²) in [6.07, 6.45) is 2.01. The van der Waals surface area contributed by atoms with Crippen molar-refractivity contribution in [2.24, 2.45) is 5.92 Å². The summed E-state index contributed by atoms with van der Waals surface area (Å²) < 4.78 is 21.7. The second-order valence-electron chi connectivity index (χ2n) is 6.85. The van der Waals surface area contributed by atoms with Gasteiger partial charge in [-0.2, -0.15) is 0 Å². The van der Waals surface area contributed by atoms with Crippen LogP contribution in [-0.2, 0) is 17.6 Å². The van der Waals surface area contributed by atoms with E-state index < -0.39 is 0 Å². The lowest BCUT2D eigenvalue weighted by atomic mass is 9.96. The molecule has 6 heteroatoms. The van der Waals surface area contributed by atoms with Crippen LogP contribution in [0.4, 0.5) is 0 Å². The van der Waals surface area contributed by atoms with E-state index in [1.807, 2.05) is 36.4 Å². The lowest BCUT2D eigenvalue weighted by Gasteiger charge is -2.25. The fraction of sp³-hybridized carbons (Fsp3) is 0.381. The second-order valence-corrected chi connectivity index (χ2v) is 6.85. The number of ether oxygens (including phenoxy) is 4. The molecule has 0 fully saturated rings. The van der Waals surface area contributed by atoms with Crippen LogP contribution < -0.4 is 24.3 Å². The Bertz CT molecular complexity index is 835. The molecule has 1 atom stereocenters. The predicted octanol–water partition coefficient (Wildman–Crippen LogP) is 2.72. The SMILES string of the molecule is COc1ccc2c(c1)OC[C@H](CNC(=O)CCc1ccc3c(c1)OCO3)C2. The van der Waals surface area contributed by atoms with Gasteiger partial charge < -0.3 is 24.3 Å². The minimum Gasteiger partial charge on any atom is -0.497 e. The average Bonchev–Trinajstić information content (AvgIpc) is 3.18. The lowest BCUT2D eigenvalue weighted by Crippen LogP contribution is -2.34. The van der Waals surface area contributed by atoms with Crippen molar-refractivity contribution in [2.45, 2.75) is 19.3 Å². The smallest absolute Gasteiger partial charge is 0.231 e. The van der Waals surface area contributed by atoms with Gasteiger partial charge in [0.25, 0.3) is 0 Å². The van der Waals surface area contributed by atoms with Crippen molar-refractivity contribution in [3.05, 3.63) is 47.5 Å². The summed E-state index contributed by atoms with van der Waals surface area (Å²) in [6.45, 7) is 1.48. The molecule has 2 aromatic carbocycles. The molecule has 0 radical (unpaired) electrons. The quantitative estimate of drug-likeness (QED) is 0.848. The maximum absolute atomic E-state index is 12.2. The van der Waals surface area contributed by atoms with Crippen molar-refractivity contribution >= 4 is 5.91 Å². The molecule has 2 aliphatic heterocycles. The van der Waals surface area contributed by atoms with Gasteiger partial charge in [-0.3, -0.25) is 4.79 Å². The van der Waals surface area contributed by atoms with Crippen LogP contribution in [0, 0.1) is 5.92 Å². The van der Waals surface area contributed by atoms with E-state index >= 15 is 0 Å². The highest BCUT2D eigenvalue weighted by Gasteiger charge is 2.21. The number of carbonyl (C=O) groups is 1. The Morgan fingerprint density at radius 1 is 1.11 bits per heavy atom. The number of hydrogen-bond acceptors (Lipinski definition) is 5. The largest absolute Gasteiger partial charge is 0.497 e. The van der Waals surface area contributed by atoms with Crippen LogP contribution in [0.3, 0.4) is 0 Å². The Morgan fingerprint density at radius 2 is 2.00 bits per heavy atom. The van der Waals surface area contributed by atoms with Crippen LogP contribution in [0.5, 0.6) is 23.0 Å². The lowest BCUT2D eigenvalue weighted by molar-refractivity contribution is -0.121. The van der Waals surface area contributed by atoms with Gasteiger partial charge in [0, 0.05) is 24.9 Å². The van der Waals surface area contributed by atoms with Gasteiger partial charge in [-0.05, 0) is 42.2 Å². The van der Waals surface area contributed by atoms with E-state index in [-0.39, 0.29) is 18.6 Å². The highest BCUT2D eigenvalue weighted by molar-refractivity contribution is 5.76. The van der Waals surface area contributed by atoms with E-state index in [4.69, 9.17) is 18.9 Å². The Morgan fingerprint density at radius 3 is 2.89 bits per heavy atom. The molecular formula is C21H23NO5. The summed E-state index contributed by atoms with van der Waals surface area (Å²) in [7, 11) is 1.65. The molecule has 0 aliphatic carbocycles. The van der Waals surface area contributed by atoms with Gasteiger partial charge in [-0.15, -0.1) is 0 Å². The predicted molar refractivity (Wildman–Crippen MR) is 99.6 cm³/mol. The number of carbonyl (C=O) groups excluding carboxylic acids is 1. The molecule has 2 heterocycles. The molecule has 142 valence electrons. The molecule has 0 saturated heterocycles. The molecular weight excluding hydrogens is 346 g/mol. The highest BCUT2D eigenvalue weighted by Crippen LogP contribution is 2.33. The molecule has 0 saturated carbocycles. The highest BCUT2D eigenvalue weighted by atomic mass is 16.7. The number of nitrogens with one attached hydrogen (secondary N) is 1. The van der Waals surface area contributed by atoms with Crippen LogP contribution in [0.2, 0.25) is 0 Å². The fourth-order valence-electron chi connectivity index (χ4n) is 3.37. The maximum atomic E-state index is 12.2. The van der Waals surface area contributed by atoms with Gasteiger partial charge in [0.05, 0.1) is 13.7 Å². The molecule has 0 aromatic heterocycles.